The summed E-state index contributed by atoms with van der Waals surface area (Å²) in [4.78, 5) is 12.3. The van der Waals surface area contributed by atoms with Gasteiger partial charge < -0.3 is 10.6 Å². The maximum absolute atomic E-state index is 12.3. The number of nitrogens with one attached hydrogen (secondary N) is 2. The number of anilines is 2. The number of halogens is 1. The second-order valence-corrected chi connectivity index (χ2v) is 5.84. The van der Waals surface area contributed by atoms with Crippen LogP contribution >= 0.6 is 15.9 Å². The number of hydrogen-bond donors (Lipinski definition) is 2. The zero-order valence-electron chi connectivity index (χ0n) is 12.2. The molecule has 0 saturated carbocycles. The van der Waals surface area contributed by atoms with E-state index in [1.54, 1.807) is 0 Å². The Kier molecular flexibility index (Phi) is 5.39. The van der Waals surface area contributed by atoms with Gasteiger partial charge in [-0.15, -0.1) is 0 Å². The smallest absolute Gasteiger partial charge is 0.255 e. The number of hydrogen-bond acceptors (Lipinski definition) is 2. The molecule has 1 amide bonds. The summed E-state index contributed by atoms with van der Waals surface area (Å²) in [6.45, 7) is 5.01. The number of carbonyl (C=O) groups is 1. The summed E-state index contributed by atoms with van der Waals surface area (Å²) in [6, 6.07) is 13.4. The fraction of sp³-hybridized carbons (Fsp3) is 0.235. The van der Waals surface area contributed by atoms with E-state index in [9.17, 15) is 4.79 Å². The van der Waals surface area contributed by atoms with Crippen LogP contribution in [0, 0.1) is 6.92 Å². The first kappa shape index (κ1) is 15.6. The molecule has 2 aromatic carbocycles. The Balaban J connectivity index is 2.12. The van der Waals surface area contributed by atoms with Gasteiger partial charge in [-0.05, 0) is 55.3 Å². The molecule has 0 aliphatic rings. The lowest BCUT2D eigenvalue weighted by Gasteiger charge is -2.11. The molecule has 4 heteroatoms. The van der Waals surface area contributed by atoms with Crippen LogP contribution in [-0.2, 0) is 0 Å². The second kappa shape index (κ2) is 7.27. The van der Waals surface area contributed by atoms with E-state index in [0.29, 0.717) is 5.56 Å². The summed E-state index contributed by atoms with van der Waals surface area (Å²) in [5.41, 5.74) is 3.48. The third kappa shape index (κ3) is 4.33. The Morgan fingerprint density at radius 3 is 2.62 bits per heavy atom. The van der Waals surface area contributed by atoms with Gasteiger partial charge in [0.25, 0.3) is 5.91 Å². The Morgan fingerprint density at radius 2 is 1.95 bits per heavy atom. The quantitative estimate of drug-likeness (QED) is 0.813. The SMILES string of the molecule is CCCNc1ccc(C(=O)Nc2cccc(Br)c2)c(C)c1. The topological polar surface area (TPSA) is 41.1 Å². The number of benzene rings is 2. The number of rotatable bonds is 5. The van der Waals surface area contributed by atoms with Crippen molar-refractivity contribution in [2.45, 2.75) is 20.3 Å². The largest absolute Gasteiger partial charge is 0.385 e. The Morgan fingerprint density at radius 1 is 1.14 bits per heavy atom. The number of amides is 1. The second-order valence-electron chi connectivity index (χ2n) is 4.92. The Hall–Kier alpha value is -1.81. The maximum Gasteiger partial charge on any atom is 0.255 e. The predicted molar refractivity (Wildman–Crippen MR) is 92.1 cm³/mol. The van der Waals surface area contributed by atoms with Gasteiger partial charge in [0.15, 0.2) is 0 Å². The van der Waals surface area contributed by atoms with Gasteiger partial charge in [0.1, 0.15) is 0 Å². The van der Waals surface area contributed by atoms with Crippen molar-refractivity contribution in [3.8, 4) is 0 Å². The average molecular weight is 347 g/mol. The van der Waals surface area contributed by atoms with Gasteiger partial charge in [-0.2, -0.15) is 0 Å². The molecule has 0 unspecified atom stereocenters. The highest BCUT2D eigenvalue weighted by atomic mass is 79.9. The highest BCUT2D eigenvalue weighted by molar-refractivity contribution is 9.10. The van der Waals surface area contributed by atoms with Gasteiger partial charge in [-0.25, -0.2) is 0 Å². The summed E-state index contributed by atoms with van der Waals surface area (Å²) in [5.74, 6) is -0.0901. The fourth-order valence-corrected chi connectivity index (χ4v) is 2.46. The van der Waals surface area contributed by atoms with Crippen LogP contribution in [0.1, 0.15) is 29.3 Å². The molecular weight excluding hydrogens is 328 g/mol. The summed E-state index contributed by atoms with van der Waals surface area (Å²) in [5, 5.41) is 6.23. The van der Waals surface area contributed by atoms with Crippen molar-refractivity contribution < 1.29 is 4.79 Å². The Bertz CT molecular complexity index is 640. The van der Waals surface area contributed by atoms with E-state index in [4.69, 9.17) is 0 Å². The van der Waals surface area contributed by atoms with Gasteiger partial charge in [-0.1, -0.05) is 28.9 Å². The molecule has 0 radical (unpaired) electrons. The zero-order chi connectivity index (χ0) is 15.2. The van der Waals surface area contributed by atoms with E-state index in [1.165, 1.54) is 0 Å². The van der Waals surface area contributed by atoms with Crippen molar-refractivity contribution in [1.29, 1.82) is 0 Å². The van der Waals surface area contributed by atoms with E-state index >= 15 is 0 Å². The highest BCUT2D eigenvalue weighted by Gasteiger charge is 2.10. The fourth-order valence-electron chi connectivity index (χ4n) is 2.06. The molecule has 0 atom stereocenters. The summed E-state index contributed by atoms with van der Waals surface area (Å²) in [6.07, 6.45) is 1.07. The van der Waals surface area contributed by atoms with Gasteiger partial charge in [-0.3, -0.25) is 4.79 Å². The number of carbonyl (C=O) groups excluding carboxylic acids is 1. The molecule has 0 saturated heterocycles. The first-order chi connectivity index (χ1) is 10.1. The van der Waals surface area contributed by atoms with Gasteiger partial charge in [0.05, 0.1) is 0 Å². The lowest BCUT2D eigenvalue weighted by molar-refractivity contribution is 0.102. The van der Waals surface area contributed by atoms with E-state index in [-0.39, 0.29) is 5.91 Å². The first-order valence-electron chi connectivity index (χ1n) is 7.01. The lowest BCUT2D eigenvalue weighted by Crippen LogP contribution is -2.13. The predicted octanol–water partition coefficient (Wildman–Crippen LogP) is 4.83. The van der Waals surface area contributed by atoms with Crippen molar-refractivity contribution in [3.05, 3.63) is 58.1 Å². The van der Waals surface area contributed by atoms with E-state index in [0.717, 1.165) is 34.4 Å². The van der Waals surface area contributed by atoms with Crippen molar-refractivity contribution in [3.63, 3.8) is 0 Å². The molecule has 0 aromatic heterocycles. The molecule has 0 fully saturated rings. The average Bonchev–Trinajstić information content (AvgIpc) is 2.45. The van der Waals surface area contributed by atoms with Crippen LogP contribution in [0.4, 0.5) is 11.4 Å². The zero-order valence-corrected chi connectivity index (χ0v) is 13.8. The van der Waals surface area contributed by atoms with Crippen LogP contribution in [0.2, 0.25) is 0 Å². The molecule has 2 N–H and O–H groups in total. The molecule has 0 heterocycles. The van der Waals surface area contributed by atoms with Crippen LogP contribution in [0.5, 0.6) is 0 Å². The molecule has 110 valence electrons. The molecule has 0 bridgehead atoms. The highest BCUT2D eigenvalue weighted by Crippen LogP contribution is 2.19. The van der Waals surface area contributed by atoms with E-state index in [1.807, 2.05) is 49.4 Å². The monoisotopic (exact) mass is 346 g/mol. The van der Waals surface area contributed by atoms with E-state index < -0.39 is 0 Å². The molecule has 21 heavy (non-hydrogen) atoms. The van der Waals surface area contributed by atoms with Crippen LogP contribution in [0.15, 0.2) is 46.9 Å². The van der Waals surface area contributed by atoms with Crippen molar-refractivity contribution in [2.24, 2.45) is 0 Å². The van der Waals surface area contributed by atoms with E-state index in [2.05, 4.69) is 33.5 Å². The first-order valence-corrected chi connectivity index (χ1v) is 7.81. The van der Waals surface area contributed by atoms with Crippen LogP contribution < -0.4 is 10.6 Å². The minimum absolute atomic E-state index is 0.0901. The standard InChI is InChI=1S/C17H19BrN2O/c1-3-9-19-14-7-8-16(12(2)10-14)17(21)20-15-6-4-5-13(18)11-15/h4-8,10-11,19H,3,9H2,1-2H3,(H,20,21). The van der Waals surface area contributed by atoms with Gasteiger partial charge in [0, 0.05) is 28.0 Å². The van der Waals surface area contributed by atoms with Crippen LogP contribution in [0.25, 0.3) is 0 Å². The Labute approximate surface area is 133 Å². The minimum atomic E-state index is -0.0901. The summed E-state index contributed by atoms with van der Waals surface area (Å²) in [7, 11) is 0. The van der Waals surface area contributed by atoms with Crippen LogP contribution in [-0.4, -0.2) is 12.5 Å². The number of aryl methyl sites for hydroxylation is 1. The lowest BCUT2D eigenvalue weighted by atomic mass is 10.1. The normalized spacial score (nSPS) is 10.2. The summed E-state index contributed by atoms with van der Waals surface area (Å²) >= 11 is 3.40. The molecule has 3 nitrogen and oxygen atoms in total. The summed E-state index contributed by atoms with van der Waals surface area (Å²) < 4.78 is 0.941. The van der Waals surface area contributed by atoms with Gasteiger partial charge in [0.2, 0.25) is 0 Å². The van der Waals surface area contributed by atoms with Crippen LogP contribution in [0.3, 0.4) is 0 Å². The third-order valence-electron chi connectivity index (χ3n) is 3.13. The van der Waals surface area contributed by atoms with Gasteiger partial charge >= 0.3 is 0 Å². The van der Waals surface area contributed by atoms with Crippen molar-refractivity contribution >= 4 is 33.2 Å². The van der Waals surface area contributed by atoms with Crippen molar-refractivity contribution in [2.75, 3.05) is 17.2 Å². The molecule has 2 rings (SSSR count). The molecular formula is C17H19BrN2O. The molecule has 0 aliphatic carbocycles. The molecule has 0 aliphatic heterocycles. The molecule has 2 aromatic rings. The maximum atomic E-state index is 12.3. The molecule has 0 spiro atoms. The third-order valence-corrected chi connectivity index (χ3v) is 3.63. The van der Waals surface area contributed by atoms with Crippen molar-refractivity contribution in [1.82, 2.24) is 0 Å². The minimum Gasteiger partial charge on any atom is -0.385 e.